The SMILES string of the molecule is COCCCNC(=O)C1CNCC1c1ccccc1OC. The van der Waals surface area contributed by atoms with Crippen LogP contribution in [-0.2, 0) is 9.53 Å². The first kappa shape index (κ1) is 15.8. The Hall–Kier alpha value is -1.59. The van der Waals surface area contributed by atoms with Crippen LogP contribution in [0.4, 0.5) is 0 Å². The molecular weight excluding hydrogens is 268 g/mol. The van der Waals surface area contributed by atoms with Crippen LogP contribution in [-0.4, -0.2) is 46.4 Å². The summed E-state index contributed by atoms with van der Waals surface area (Å²) in [6.45, 7) is 2.83. The predicted molar refractivity (Wildman–Crippen MR) is 81.6 cm³/mol. The zero-order valence-corrected chi connectivity index (χ0v) is 12.7. The van der Waals surface area contributed by atoms with E-state index in [9.17, 15) is 4.79 Å². The Balaban J connectivity index is 2.01. The van der Waals surface area contributed by atoms with Crippen molar-refractivity contribution in [1.29, 1.82) is 0 Å². The first-order valence-electron chi connectivity index (χ1n) is 7.38. The third-order valence-electron chi connectivity index (χ3n) is 3.91. The van der Waals surface area contributed by atoms with E-state index in [2.05, 4.69) is 10.6 Å². The van der Waals surface area contributed by atoms with Gasteiger partial charge in [-0.3, -0.25) is 4.79 Å². The minimum Gasteiger partial charge on any atom is -0.496 e. The molecule has 0 spiro atoms. The average molecular weight is 292 g/mol. The van der Waals surface area contributed by atoms with Gasteiger partial charge >= 0.3 is 0 Å². The van der Waals surface area contributed by atoms with E-state index in [4.69, 9.17) is 9.47 Å². The van der Waals surface area contributed by atoms with E-state index in [1.165, 1.54) is 0 Å². The minimum absolute atomic E-state index is 0.0520. The summed E-state index contributed by atoms with van der Waals surface area (Å²) in [5.74, 6) is 1.06. The van der Waals surface area contributed by atoms with Crippen molar-refractivity contribution < 1.29 is 14.3 Å². The molecule has 0 saturated carbocycles. The Morgan fingerprint density at radius 3 is 2.90 bits per heavy atom. The molecule has 1 fully saturated rings. The van der Waals surface area contributed by atoms with Gasteiger partial charge in [0.25, 0.3) is 0 Å². The van der Waals surface area contributed by atoms with Gasteiger partial charge in [0.2, 0.25) is 5.91 Å². The van der Waals surface area contributed by atoms with Gasteiger partial charge in [-0.05, 0) is 18.1 Å². The van der Waals surface area contributed by atoms with E-state index in [0.717, 1.165) is 24.3 Å². The lowest BCUT2D eigenvalue weighted by atomic mass is 9.87. The number of ether oxygens (including phenoxy) is 2. The molecule has 2 N–H and O–H groups in total. The van der Waals surface area contributed by atoms with Crippen molar-refractivity contribution in [3.05, 3.63) is 29.8 Å². The van der Waals surface area contributed by atoms with Crippen molar-refractivity contribution in [3.8, 4) is 5.75 Å². The van der Waals surface area contributed by atoms with Crippen LogP contribution in [0, 0.1) is 5.92 Å². The Morgan fingerprint density at radius 2 is 2.14 bits per heavy atom. The third-order valence-corrected chi connectivity index (χ3v) is 3.91. The van der Waals surface area contributed by atoms with Crippen molar-refractivity contribution in [3.63, 3.8) is 0 Å². The van der Waals surface area contributed by atoms with Crippen molar-refractivity contribution in [2.45, 2.75) is 12.3 Å². The fourth-order valence-electron chi connectivity index (χ4n) is 2.81. The van der Waals surface area contributed by atoms with E-state index < -0.39 is 0 Å². The minimum atomic E-state index is -0.0520. The second-order valence-electron chi connectivity index (χ2n) is 5.25. The van der Waals surface area contributed by atoms with Crippen molar-refractivity contribution >= 4 is 5.91 Å². The molecule has 2 rings (SSSR count). The maximum Gasteiger partial charge on any atom is 0.225 e. The molecule has 2 atom stereocenters. The van der Waals surface area contributed by atoms with Gasteiger partial charge in [0, 0.05) is 39.3 Å². The first-order valence-corrected chi connectivity index (χ1v) is 7.38. The largest absolute Gasteiger partial charge is 0.496 e. The van der Waals surface area contributed by atoms with Crippen LogP contribution in [0.5, 0.6) is 5.75 Å². The molecule has 1 heterocycles. The molecule has 1 aromatic carbocycles. The standard InChI is InChI=1S/C16H24N2O3/c1-20-9-5-8-18-16(19)14-11-17-10-13(14)12-6-3-4-7-15(12)21-2/h3-4,6-7,13-14,17H,5,8-11H2,1-2H3,(H,18,19). The summed E-state index contributed by atoms with van der Waals surface area (Å²) in [5, 5.41) is 6.31. The number of hydrogen-bond donors (Lipinski definition) is 2. The van der Waals surface area contributed by atoms with Crippen LogP contribution in [0.25, 0.3) is 0 Å². The second-order valence-corrected chi connectivity index (χ2v) is 5.25. The van der Waals surface area contributed by atoms with Gasteiger partial charge in [-0.1, -0.05) is 18.2 Å². The summed E-state index contributed by atoms with van der Waals surface area (Å²) < 4.78 is 10.4. The lowest BCUT2D eigenvalue weighted by Gasteiger charge is -2.20. The predicted octanol–water partition coefficient (Wildman–Crippen LogP) is 1.15. The summed E-state index contributed by atoms with van der Waals surface area (Å²) in [4.78, 5) is 12.4. The molecule has 0 bridgehead atoms. The highest BCUT2D eigenvalue weighted by atomic mass is 16.5. The number of nitrogens with one attached hydrogen (secondary N) is 2. The molecule has 0 aliphatic carbocycles. The summed E-state index contributed by atoms with van der Waals surface area (Å²) >= 11 is 0. The van der Waals surface area contributed by atoms with E-state index in [1.54, 1.807) is 14.2 Å². The molecule has 2 unspecified atom stereocenters. The number of para-hydroxylation sites is 1. The summed E-state index contributed by atoms with van der Waals surface area (Å²) in [7, 11) is 3.33. The van der Waals surface area contributed by atoms with Gasteiger partial charge in [-0.25, -0.2) is 0 Å². The Labute approximate surface area is 126 Å². The first-order chi connectivity index (χ1) is 10.3. The smallest absolute Gasteiger partial charge is 0.225 e. The van der Waals surface area contributed by atoms with Crippen LogP contribution < -0.4 is 15.4 Å². The molecule has 21 heavy (non-hydrogen) atoms. The van der Waals surface area contributed by atoms with Gasteiger partial charge in [-0.15, -0.1) is 0 Å². The van der Waals surface area contributed by atoms with E-state index in [-0.39, 0.29) is 17.7 Å². The van der Waals surface area contributed by atoms with Gasteiger partial charge < -0.3 is 20.1 Å². The Bertz CT molecular complexity index is 465. The fraction of sp³-hybridized carbons (Fsp3) is 0.562. The van der Waals surface area contributed by atoms with Crippen molar-refractivity contribution in [2.24, 2.45) is 5.92 Å². The van der Waals surface area contributed by atoms with E-state index in [0.29, 0.717) is 19.7 Å². The van der Waals surface area contributed by atoms with E-state index >= 15 is 0 Å². The number of hydrogen-bond acceptors (Lipinski definition) is 4. The monoisotopic (exact) mass is 292 g/mol. The topological polar surface area (TPSA) is 59.6 Å². The molecule has 1 saturated heterocycles. The normalized spacial score (nSPS) is 21.2. The molecule has 5 heteroatoms. The zero-order chi connectivity index (χ0) is 15.1. The lowest BCUT2D eigenvalue weighted by Crippen LogP contribution is -2.35. The van der Waals surface area contributed by atoms with Crippen LogP contribution in [0.3, 0.4) is 0 Å². The molecule has 0 aromatic heterocycles. The summed E-state index contributed by atoms with van der Waals surface area (Å²) in [6, 6.07) is 7.93. The lowest BCUT2D eigenvalue weighted by molar-refractivity contribution is -0.124. The number of benzene rings is 1. The third kappa shape index (κ3) is 3.95. The van der Waals surface area contributed by atoms with Gasteiger partial charge in [0.15, 0.2) is 0 Å². The maximum atomic E-state index is 12.4. The quantitative estimate of drug-likeness (QED) is 0.740. The maximum absolute atomic E-state index is 12.4. The summed E-state index contributed by atoms with van der Waals surface area (Å²) in [5.41, 5.74) is 1.10. The molecule has 1 aromatic rings. The Morgan fingerprint density at radius 1 is 1.33 bits per heavy atom. The Kier molecular flexibility index (Phi) is 6.02. The van der Waals surface area contributed by atoms with Crippen LogP contribution >= 0.6 is 0 Å². The molecule has 1 aliphatic rings. The number of rotatable bonds is 7. The van der Waals surface area contributed by atoms with Crippen molar-refractivity contribution in [2.75, 3.05) is 40.5 Å². The van der Waals surface area contributed by atoms with Gasteiger partial charge in [-0.2, -0.15) is 0 Å². The molecule has 1 amide bonds. The van der Waals surface area contributed by atoms with Crippen LogP contribution in [0.15, 0.2) is 24.3 Å². The highest BCUT2D eigenvalue weighted by Crippen LogP contribution is 2.34. The zero-order valence-electron chi connectivity index (χ0n) is 12.7. The number of amides is 1. The average Bonchev–Trinajstić information content (AvgIpc) is 3.00. The van der Waals surface area contributed by atoms with Crippen LogP contribution in [0.2, 0.25) is 0 Å². The molecule has 0 radical (unpaired) electrons. The van der Waals surface area contributed by atoms with Crippen LogP contribution in [0.1, 0.15) is 17.9 Å². The fourth-order valence-corrected chi connectivity index (χ4v) is 2.81. The van der Waals surface area contributed by atoms with Gasteiger partial charge in [0.05, 0.1) is 13.0 Å². The van der Waals surface area contributed by atoms with Gasteiger partial charge in [0.1, 0.15) is 5.75 Å². The number of carbonyl (C=O) groups excluding carboxylic acids is 1. The van der Waals surface area contributed by atoms with Crippen molar-refractivity contribution in [1.82, 2.24) is 10.6 Å². The summed E-state index contributed by atoms with van der Waals surface area (Å²) in [6.07, 6.45) is 0.835. The van der Waals surface area contributed by atoms with E-state index in [1.807, 2.05) is 24.3 Å². The molecular formula is C16H24N2O3. The molecule has 1 aliphatic heterocycles. The highest BCUT2D eigenvalue weighted by Gasteiger charge is 2.35. The number of carbonyl (C=O) groups is 1. The molecule has 5 nitrogen and oxygen atoms in total. The number of methoxy groups -OCH3 is 2. The highest BCUT2D eigenvalue weighted by molar-refractivity contribution is 5.80. The second kappa shape index (κ2) is 8.00. The molecule has 116 valence electrons.